The molecular formula is C15H29NO2. The van der Waals surface area contributed by atoms with Crippen LogP contribution in [0.3, 0.4) is 0 Å². The highest BCUT2D eigenvalue weighted by molar-refractivity contribution is 5.69. The second-order valence-electron chi connectivity index (χ2n) is 5.29. The van der Waals surface area contributed by atoms with Crippen LogP contribution in [0.25, 0.3) is 0 Å². The first-order valence-corrected chi connectivity index (χ1v) is 7.60. The Hall–Kier alpha value is -0.570. The lowest BCUT2D eigenvalue weighted by Gasteiger charge is -2.37. The summed E-state index contributed by atoms with van der Waals surface area (Å²) < 4.78 is 4.98. The first kappa shape index (κ1) is 15.5. The number of rotatable bonds is 7. The molecule has 0 aliphatic carbocycles. The van der Waals surface area contributed by atoms with Crippen molar-refractivity contribution in [2.24, 2.45) is 5.92 Å². The minimum absolute atomic E-state index is 0.0278. The lowest BCUT2D eigenvalue weighted by Crippen LogP contribution is -2.40. The second kappa shape index (κ2) is 8.52. The molecule has 0 amide bonds. The van der Waals surface area contributed by atoms with E-state index in [4.69, 9.17) is 4.74 Å². The van der Waals surface area contributed by atoms with Gasteiger partial charge in [0.15, 0.2) is 0 Å². The van der Waals surface area contributed by atoms with Crippen LogP contribution in [0, 0.1) is 5.92 Å². The Morgan fingerprint density at radius 2 is 1.83 bits per heavy atom. The van der Waals surface area contributed by atoms with Gasteiger partial charge in [-0.15, -0.1) is 0 Å². The summed E-state index contributed by atoms with van der Waals surface area (Å²) in [6.45, 7) is 9.35. The number of likely N-dealkylation sites (tertiary alicyclic amines) is 1. The standard InChI is InChI=1S/C15H29NO2/c1-4-14(5-2)16-11-9-13(10-12-16)7-8-15(17)18-6-3/h13-14H,4-12H2,1-3H3. The second-order valence-corrected chi connectivity index (χ2v) is 5.29. The number of esters is 1. The van der Waals surface area contributed by atoms with Gasteiger partial charge < -0.3 is 9.64 Å². The Morgan fingerprint density at radius 3 is 2.33 bits per heavy atom. The van der Waals surface area contributed by atoms with Crippen molar-refractivity contribution in [2.45, 2.75) is 65.3 Å². The summed E-state index contributed by atoms with van der Waals surface area (Å²) in [7, 11) is 0. The maximum absolute atomic E-state index is 11.3. The first-order chi connectivity index (χ1) is 8.71. The van der Waals surface area contributed by atoms with E-state index in [0.717, 1.165) is 18.4 Å². The van der Waals surface area contributed by atoms with Crippen molar-refractivity contribution in [2.75, 3.05) is 19.7 Å². The van der Waals surface area contributed by atoms with Crippen molar-refractivity contribution in [1.82, 2.24) is 4.90 Å². The number of hydrogen-bond acceptors (Lipinski definition) is 3. The fourth-order valence-electron chi connectivity index (χ4n) is 2.97. The molecule has 0 saturated carbocycles. The molecule has 1 rings (SSSR count). The van der Waals surface area contributed by atoms with Crippen LogP contribution in [0.4, 0.5) is 0 Å². The van der Waals surface area contributed by atoms with E-state index in [1.165, 1.54) is 38.8 Å². The molecular weight excluding hydrogens is 226 g/mol. The zero-order valence-electron chi connectivity index (χ0n) is 12.3. The molecule has 0 bridgehead atoms. The normalized spacial score (nSPS) is 18.2. The Balaban J connectivity index is 2.21. The molecule has 0 atom stereocenters. The molecule has 1 heterocycles. The summed E-state index contributed by atoms with van der Waals surface area (Å²) >= 11 is 0. The van der Waals surface area contributed by atoms with E-state index in [2.05, 4.69) is 18.7 Å². The Labute approximate surface area is 112 Å². The predicted molar refractivity (Wildman–Crippen MR) is 74.5 cm³/mol. The molecule has 18 heavy (non-hydrogen) atoms. The number of carbonyl (C=O) groups is 1. The van der Waals surface area contributed by atoms with Gasteiger partial charge in [-0.3, -0.25) is 4.79 Å². The van der Waals surface area contributed by atoms with Crippen LogP contribution in [0.15, 0.2) is 0 Å². The summed E-state index contributed by atoms with van der Waals surface area (Å²) in [5.74, 6) is 0.694. The Bertz CT molecular complexity index is 231. The fraction of sp³-hybridized carbons (Fsp3) is 0.933. The van der Waals surface area contributed by atoms with Gasteiger partial charge in [-0.2, -0.15) is 0 Å². The quantitative estimate of drug-likeness (QED) is 0.654. The number of nitrogens with zero attached hydrogens (tertiary/aromatic N) is 1. The minimum Gasteiger partial charge on any atom is -0.466 e. The largest absolute Gasteiger partial charge is 0.466 e. The smallest absolute Gasteiger partial charge is 0.305 e. The van der Waals surface area contributed by atoms with Crippen LogP contribution in [-0.4, -0.2) is 36.6 Å². The highest BCUT2D eigenvalue weighted by Crippen LogP contribution is 2.24. The monoisotopic (exact) mass is 255 g/mol. The lowest BCUT2D eigenvalue weighted by atomic mass is 9.91. The van der Waals surface area contributed by atoms with E-state index in [9.17, 15) is 4.79 Å². The third-order valence-electron chi connectivity index (χ3n) is 4.17. The molecule has 1 fully saturated rings. The molecule has 0 spiro atoms. The highest BCUT2D eigenvalue weighted by Gasteiger charge is 2.23. The van der Waals surface area contributed by atoms with Crippen molar-refractivity contribution < 1.29 is 9.53 Å². The molecule has 1 saturated heterocycles. The third kappa shape index (κ3) is 4.97. The molecule has 1 aliphatic heterocycles. The van der Waals surface area contributed by atoms with Gasteiger partial charge in [0.25, 0.3) is 0 Å². The van der Waals surface area contributed by atoms with E-state index in [-0.39, 0.29) is 5.97 Å². The van der Waals surface area contributed by atoms with Gasteiger partial charge in [-0.1, -0.05) is 13.8 Å². The summed E-state index contributed by atoms with van der Waals surface area (Å²) in [5.41, 5.74) is 0. The maximum Gasteiger partial charge on any atom is 0.305 e. The van der Waals surface area contributed by atoms with Crippen molar-refractivity contribution in [3.8, 4) is 0 Å². The van der Waals surface area contributed by atoms with Crippen LogP contribution >= 0.6 is 0 Å². The topological polar surface area (TPSA) is 29.5 Å². The summed E-state index contributed by atoms with van der Waals surface area (Å²) in [6.07, 6.45) is 6.61. The zero-order valence-corrected chi connectivity index (χ0v) is 12.3. The summed E-state index contributed by atoms with van der Waals surface area (Å²) in [6, 6.07) is 0.760. The lowest BCUT2D eigenvalue weighted by molar-refractivity contribution is -0.143. The summed E-state index contributed by atoms with van der Waals surface area (Å²) in [4.78, 5) is 13.9. The van der Waals surface area contributed by atoms with Gasteiger partial charge in [0.1, 0.15) is 0 Å². The first-order valence-electron chi connectivity index (χ1n) is 7.60. The molecule has 1 aliphatic rings. The van der Waals surface area contributed by atoms with Gasteiger partial charge in [0.2, 0.25) is 0 Å². The van der Waals surface area contributed by atoms with Crippen molar-refractivity contribution in [3.63, 3.8) is 0 Å². The molecule has 0 aromatic carbocycles. The molecule has 3 heteroatoms. The van der Waals surface area contributed by atoms with Crippen LogP contribution < -0.4 is 0 Å². The maximum atomic E-state index is 11.3. The predicted octanol–water partition coefficient (Wildman–Crippen LogP) is 3.23. The van der Waals surface area contributed by atoms with Crippen molar-refractivity contribution in [1.29, 1.82) is 0 Å². The van der Waals surface area contributed by atoms with Crippen LogP contribution in [0.5, 0.6) is 0 Å². The highest BCUT2D eigenvalue weighted by atomic mass is 16.5. The average Bonchev–Trinajstić information content (AvgIpc) is 2.39. The van der Waals surface area contributed by atoms with Gasteiger partial charge in [0.05, 0.1) is 6.61 Å². The van der Waals surface area contributed by atoms with Crippen LogP contribution in [-0.2, 0) is 9.53 Å². The Morgan fingerprint density at radius 1 is 1.22 bits per heavy atom. The molecule has 0 unspecified atom stereocenters. The third-order valence-corrected chi connectivity index (χ3v) is 4.17. The Kier molecular flexibility index (Phi) is 7.33. The molecule has 0 radical (unpaired) electrons. The molecule has 3 nitrogen and oxygen atoms in total. The van der Waals surface area contributed by atoms with E-state index >= 15 is 0 Å². The van der Waals surface area contributed by atoms with Gasteiger partial charge in [0, 0.05) is 12.5 Å². The van der Waals surface area contributed by atoms with E-state index in [0.29, 0.717) is 13.0 Å². The van der Waals surface area contributed by atoms with Gasteiger partial charge in [-0.25, -0.2) is 0 Å². The van der Waals surface area contributed by atoms with E-state index < -0.39 is 0 Å². The van der Waals surface area contributed by atoms with Gasteiger partial charge in [-0.05, 0) is 58.0 Å². The van der Waals surface area contributed by atoms with Crippen molar-refractivity contribution in [3.05, 3.63) is 0 Å². The van der Waals surface area contributed by atoms with E-state index in [1.54, 1.807) is 0 Å². The number of carbonyl (C=O) groups excluding carboxylic acids is 1. The average molecular weight is 255 g/mol. The SMILES string of the molecule is CCOC(=O)CCC1CCN(C(CC)CC)CC1. The number of piperidine rings is 1. The molecule has 0 aromatic rings. The zero-order chi connectivity index (χ0) is 13.4. The number of ether oxygens (including phenoxy) is 1. The fourth-order valence-corrected chi connectivity index (χ4v) is 2.97. The molecule has 0 N–H and O–H groups in total. The molecule has 106 valence electrons. The van der Waals surface area contributed by atoms with Crippen LogP contribution in [0.1, 0.15) is 59.3 Å². The van der Waals surface area contributed by atoms with Gasteiger partial charge >= 0.3 is 5.97 Å². The van der Waals surface area contributed by atoms with E-state index in [1.807, 2.05) is 6.92 Å². The van der Waals surface area contributed by atoms with Crippen LogP contribution in [0.2, 0.25) is 0 Å². The van der Waals surface area contributed by atoms with Crippen molar-refractivity contribution >= 4 is 5.97 Å². The molecule has 0 aromatic heterocycles. The number of hydrogen-bond donors (Lipinski definition) is 0. The summed E-state index contributed by atoms with van der Waals surface area (Å²) in [5, 5.41) is 0. The minimum atomic E-state index is -0.0278.